The number of piperazine rings is 1. The molecule has 1 fully saturated rings. The molecule has 1 aromatic heterocycles. The van der Waals surface area contributed by atoms with Crippen LogP contribution in [-0.2, 0) is 10.0 Å². The van der Waals surface area contributed by atoms with Crippen LogP contribution in [0.2, 0.25) is 0 Å². The highest BCUT2D eigenvalue weighted by Gasteiger charge is 2.28. The lowest BCUT2D eigenvalue weighted by Gasteiger charge is -2.33. The summed E-state index contributed by atoms with van der Waals surface area (Å²) in [6.45, 7) is 3.28. The average molecular weight is 312 g/mol. The van der Waals surface area contributed by atoms with Gasteiger partial charge in [0.25, 0.3) is 5.91 Å². The zero-order valence-corrected chi connectivity index (χ0v) is 12.8. The van der Waals surface area contributed by atoms with Crippen LogP contribution in [0.25, 0.3) is 0 Å². The molecule has 8 heteroatoms. The Morgan fingerprint density at radius 2 is 1.95 bits per heavy atom. The molecule has 0 aliphatic carbocycles. The van der Waals surface area contributed by atoms with Gasteiger partial charge in [0.1, 0.15) is 5.69 Å². The molecule has 2 heterocycles. The fourth-order valence-electron chi connectivity index (χ4n) is 2.25. The van der Waals surface area contributed by atoms with Crippen LogP contribution >= 0.6 is 0 Å². The molecule has 0 aromatic carbocycles. The molecule has 1 aromatic rings. The summed E-state index contributed by atoms with van der Waals surface area (Å²) < 4.78 is 25.4. The maximum absolute atomic E-state index is 12.2. The number of pyridine rings is 1. The van der Waals surface area contributed by atoms with Crippen LogP contribution in [0.15, 0.2) is 18.3 Å². The predicted molar refractivity (Wildman–Crippen MR) is 80.2 cm³/mol. The van der Waals surface area contributed by atoms with E-state index in [1.165, 1.54) is 10.5 Å². The predicted octanol–water partition coefficient (Wildman–Crippen LogP) is 0.161. The van der Waals surface area contributed by atoms with Crippen LogP contribution in [-0.4, -0.2) is 60.4 Å². The molecule has 0 atom stereocenters. The SMILES string of the molecule is CCCS(=O)(=O)N1CCN(C(=O)c2ccc(N)cn2)CC1. The number of carbonyl (C=O) groups excluding carboxylic acids is 1. The lowest BCUT2D eigenvalue weighted by molar-refractivity contribution is 0.0692. The topological polar surface area (TPSA) is 96.6 Å². The molecule has 2 rings (SSSR count). The molecule has 2 N–H and O–H groups in total. The summed E-state index contributed by atoms with van der Waals surface area (Å²) in [5.74, 6) is -0.0389. The molecule has 1 aliphatic rings. The van der Waals surface area contributed by atoms with Gasteiger partial charge in [0.15, 0.2) is 0 Å². The summed E-state index contributed by atoms with van der Waals surface area (Å²) in [7, 11) is -3.19. The molecule has 21 heavy (non-hydrogen) atoms. The fourth-order valence-corrected chi connectivity index (χ4v) is 3.74. The Labute approximate surface area is 124 Å². The first-order chi connectivity index (χ1) is 9.94. The fraction of sp³-hybridized carbons (Fsp3) is 0.538. The van der Waals surface area contributed by atoms with Crippen molar-refractivity contribution in [2.75, 3.05) is 37.7 Å². The zero-order valence-electron chi connectivity index (χ0n) is 12.0. The smallest absolute Gasteiger partial charge is 0.272 e. The number of hydrogen-bond donors (Lipinski definition) is 1. The van der Waals surface area contributed by atoms with Crippen LogP contribution in [0.3, 0.4) is 0 Å². The standard InChI is InChI=1S/C13H20N4O3S/c1-2-9-21(19,20)17-7-5-16(6-8-17)13(18)12-4-3-11(14)10-15-12/h3-4,10H,2,5-9,14H2,1H3. The second kappa shape index (κ2) is 6.40. The van der Waals surface area contributed by atoms with E-state index in [2.05, 4.69) is 4.98 Å². The third kappa shape index (κ3) is 3.70. The highest BCUT2D eigenvalue weighted by molar-refractivity contribution is 7.89. The maximum atomic E-state index is 12.2. The van der Waals surface area contributed by atoms with E-state index in [4.69, 9.17) is 5.73 Å². The van der Waals surface area contributed by atoms with Crippen molar-refractivity contribution in [3.63, 3.8) is 0 Å². The van der Waals surface area contributed by atoms with Gasteiger partial charge in [-0.05, 0) is 18.6 Å². The number of amides is 1. The number of hydrogen-bond acceptors (Lipinski definition) is 5. The molecular formula is C13H20N4O3S. The lowest BCUT2D eigenvalue weighted by atomic mass is 10.2. The minimum absolute atomic E-state index is 0.153. The van der Waals surface area contributed by atoms with E-state index in [1.807, 2.05) is 6.92 Å². The second-order valence-corrected chi connectivity index (χ2v) is 7.07. The number of nitrogens with zero attached hydrogens (tertiary/aromatic N) is 3. The third-order valence-electron chi connectivity index (χ3n) is 3.39. The number of aromatic nitrogens is 1. The normalized spacial score (nSPS) is 16.9. The first kappa shape index (κ1) is 15.7. The maximum Gasteiger partial charge on any atom is 0.272 e. The number of nitrogens with two attached hydrogens (primary N) is 1. The summed E-state index contributed by atoms with van der Waals surface area (Å²) in [6, 6.07) is 3.21. The Morgan fingerprint density at radius 1 is 1.29 bits per heavy atom. The summed E-state index contributed by atoms with van der Waals surface area (Å²) >= 11 is 0. The molecule has 1 saturated heterocycles. The van der Waals surface area contributed by atoms with Gasteiger partial charge in [-0.2, -0.15) is 4.31 Å². The highest BCUT2D eigenvalue weighted by atomic mass is 32.2. The average Bonchev–Trinajstić information content (AvgIpc) is 2.47. The summed E-state index contributed by atoms with van der Waals surface area (Å²) in [6.07, 6.45) is 2.03. The zero-order chi connectivity index (χ0) is 15.5. The van der Waals surface area contributed by atoms with Crippen molar-refractivity contribution in [3.8, 4) is 0 Å². The highest BCUT2D eigenvalue weighted by Crippen LogP contribution is 2.12. The van der Waals surface area contributed by atoms with E-state index in [-0.39, 0.29) is 11.7 Å². The molecule has 1 amide bonds. The van der Waals surface area contributed by atoms with Crippen LogP contribution in [0, 0.1) is 0 Å². The van der Waals surface area contributed by atoms with Crippen LogP contribution in [0.1, 0.15) is 23.8 Å². The van der Waals surface area contributed by atoms with Gasteiger partial charge in [0, 0.05) is 26.2 Å². The van der Waals surface area contributed by atoms with Crippen LogP contribution < -0.4 is 5.73 Å². The molecule has 0 spiro atoms. The second-order valence-electron chi connectivity index (χ2n) is 4.98. The van der Waals surface area contributed by atoms with Crippen molar-refractivity contribution in [1.82, 2.24) is 14.2 Å². The molecule has 0 bridgehead atoms. The monoisotopic (exact) mass is 312 g/mol. The Hall–Kier alpha value is -1.67. The quantitative estimate of drug-likeness (QED) is 0.854. The van der Waals surface area contributed by atoms with Gasteiger partial charge >= 0.3 is 0 Å². The van der Waals surface area contributed by atoms with Crippen molar-refractivity contribution in [3.05, 3.63) is 24.0 Å². The Balaban J connectivity index is 1.98. The Kier molecular flexibility index (Phi) is 4.79. The van der Waals surface area contributed by atoms with E-state index >= 15 is 0 Å². The van der Waals surface area contributed by atoms with Crippen molar-refractivity contribution < 1.29 is 13.2 Å². The van der Waals surface area contributed by atoms with E-state index in [1.54, 1.807) is 17.0 Å². The van der Waals surface area contributed by atoms with E-state index < -0.39 is 10.0 Å². The van der Waals surface area contributed by atoms with Crippen molar-refractivity contribution in [2.24, 2.45) is 0 Å². The molecule has 0 saturated carbocycles. The van der Waals surface area contributed by atoms with Gasteiger partial charge in [-0.3, -0.25) is 4.79 Å². The minimum Gasteiger partial charge on any atom is -0.397 e. The van der Waals surface area contributed by atoms with E-state index in [0.717, 1.165) is 0 Å². The number of anilines is 1. The van der Waals surface area contributed by atoms with Crippen molar-refractivity contribution in [2.45, 2.75) is 13.3 Å². The number of sulfonamides is 1. The van der Waals surface area contributed by atoms with Gasteiger partial charge in [-0.15, -0.1) is 0 Å². The third-order valence-corrected chi connectivity index (χ3v) is 5.46. The molecule has 116 valence electrons. The van der Waals surface area contributed by atoms with Crippen LogP contribution in [0.4, 0.5) is 5.69 Å². The Morgan fingerprint density at radius 3 is 2.48 bits per heavy atom. The molecule has 1 aliphatic heterocycles. The van der Waals surface area contributed by atoms with Crippen LogP contribution in [0.5, 0.6) is 0 Å². The number of nitrogen functional groups attached to an aromatic ring is 1. The summed E-state index contributed by atoms with van der Waals surface area (Å²) in [5.41, 5.74) is 6.37. The number of rotatable bonds is 4. The largest absolute Gasteiger partial charge is 0.397 e. The molecule has 0 unspecified atom stereocenters. The summed E-state index contributed by atoms with van der Waals surface area (Å²) in [5, 5.41) is 0. The Bertz CT molecular complexity index is 592. The van der Waals surface area contributed by atoms with E-state index in [0.29, 0.717) is 44.0 Å². The van der Waals surface area contributed by atoms with E-state index in [9.17, 15) is 13.2 Å². The van der Waals surface area contributed by atoms with Crippen molar-refractivity contribution in [1.29, 1.82) is 0 Å². The van der Waals surface area contributed by atoms with Gasteiger partial charge in [-0.25, -0.2) is 13.4 Å². The molecular weight excluding hydrogens is 292 g/mol. The summed E-state index contributed by atoms with van der Waals surface area (Å²) in [4.78, 5) is 17.9. The van der Waals surface area contributed by atoms with Gasteiger partial charge < -0.3 is 10.6 Å². The molecule has 7 nitrogen and oxygen atoms in total. The first-order valence-electron chi connectivity index (χ1n) is 6.92. The van der Waals surface area contributed by atoms with Gasteiger partial charge in [-0.1, -0.05) is 6.92 Å². The number of carbonyl (C=O) groups is 1. The van der Waals surface area contributed by atoms with Gasteiger partial charge in [0.2, 0.25) is 10.0 Å². The minimum atomic E-state index is -3.19. The molecule has 0 radical (unpaired) electrons. The lowest BCUT2D eigenvalue weighted by Crippen LogP contribution is -2.51. The first-order valence-corrected chi connectivity index (χ1v) is 8.53. The van der Waals surface area contributed by atoms with Crippen molar-refractivity contribution >= 4 is 21.6 Å². The van der Waals surface area contributed by atoms with Gasteiger partial charge in [0.05, 0.1) is 17.6 Å².